The lowest BCUT2D eigenvalue weighted by Crippen LogP contribution is -2.38. The summed E-state index contributed by atoms with van der Waals surface area (Å²) in [4.78, 5) is 14.4. The van der Waals surface area contributed by atoms with Gasteiger partial charge in [0.05, 0.1) is 5.56 Å². The number of hydrogen-bond donors (Lipinski definition) is 0. The third-order valence-electron chi connectivity index (χ3n) is 3.70. The topological polar surface area (TPSA) is 20.3 Å². The summed E-state index contributed by atoms with van der Waals surface area (Å²) >= 11 is 3.45. The SMILES string of the molecule is CCCC1CCN(C(=O)c2ccccc2Br)CC1. The number of piperidine rings is 1. The molecule has 18 heavy (non-hydrogen) atoms. The summed E-state index contributed by atoms with van der Waals surface area (Å²) in [7, 11) is 0. The predicted molar refractivity (Wildman–Crippen MR) is 77.7 cm³/mol. The van der Waals surface area contributed by atoms with Gasteiger partial charge in [-0.25, -0.2) is 0 Å². The molecule has 3 heteroatoms. The molecule has 1 saturated heterocycles. The van der Waals surface area contributed by atoms with Gasteiger partial charge in [0, 0.05) is 17.6 Å². The molecule has 0 aliphatic carbocycles. The van der Waals surface area contributed by atoms with E-state index in [1.54, 1.807) is 0 Å². The lowest BCUT2D eigenvalue weighted by molar-refractivity contribution is 0.0685. The van der Waals surface area contributed by atoms with Gasteiger partial charge >= 0.3 is 0 Å². The molecule has 1 aromatic rings. The van der Waals surface area contributed by atoms with Crippen LogP contribution in [0.15, 0.2) is 28.7 Å². The summed E-state index contributed by atoms with van der Waals surface area (Å²) in [6, 6.07) is 7.68. The Morgan fingerprint density at radius 1 is 1.33 bits per heavy atom. The molecule has 0 atom stereocenters. The lowest BCUT2D eigenvalue weighted by atomic mass is 9.92. The van der Waals surface area contributed by atoms with Crippen LogP contribution in [-0.2, 0) is 0 Å². The van der Waals surface area contributed by atoms with Crippen molar-refractivity contribution < 1.29 is 4.79 Å². The van der Waals surface area contributed by atoms with Crippen LogP contribution in [0.5, 0.6) is 0 Å². The average Bonchev–Trinajstić information content (AvgIpc) is 2.40. The molecule has 2 nitrogen and oxygen atoms in total. The maximum Gasteiger partial charge on any atom is 0.254 e. The average molecular weight is 310 g/mol. The number of nitrogens with zero attached hydrogens (tertiary/aromatic N) is 1. The van der Waals surface area contributed by atoms with E-state index in [0.29, 0.717) is 0 Å². The largest absolute Gasteiger partial charge is 0.339 e. The van der Waals surface area contributed by atoms with Crippen LogP contribution in [0, 0.1) is 5.92 Å². The van der Waals surface area contributed by atoms with Crippen LogP contribution in [0.1, 0.15) is 43.0 Å². The van der Waals surface area contributed by atoms with Crippen LogP contribution in [0.2, 0.25) is 0 Å². The Bertz CT molecular complexity index is 411. The van der Waals surface area contributed by atoms with Crippen molar-refractivity contribution in [1.82, 2.24) is 4.90 Å². The molecule has 1 aromatic carbocycles. The molecule has 1 aliphatic heterocycles. The number of halogens is 1. The molecule has 0 N–H and O–H groups in total. The number of hydrogen-bond acceptors (Lipinski definition) is 1. The Morgan fingerprint density at radius 2 is 2.00 bits per heavy atom. The van der Waals surface area contributed by atoms with E-state index in [0.717, 1.165) is 41.9 Å². The van der Waals surface area contributed by atoms with Gasteiger partial charge < -0.3 is 4.90 Å². The first-order chi connectivity index (χ1) is 8.72. The van der Waals surface area contributed by atoms with Gasteiger partial charge in [0.15, 0.2) is 0 Å². The van der Waals surface area contributed by atoms with E-state index >= 15 is 0 Å². The molecular weight excluding hydrogens is 290 g/mol. The van der Waals surface area contributed by atoms with Gasteiger partial charge in [-0.3, -0.25) is 4.79 Å². The zero-order valence-electron chi connectivity index (χ0n) is 10.9. The normalized spacial score (nSPS) is 16.9. The highest BCUT2D eigenvalue weighted by atomic mass is 79.9. The fraction of sp³-hybridized carbons (Fsp3) is 0.533. The second-order valence-corrected chi connectivity index (χ2v) is 5.86. The van der Waals surface area contributed by atoms with Gasteiger partial charge in [-0.05, 0) is 46.8 Å². The summed E-state index contributed by atoms with van der Waals surface area (Å²) in [5.74, 6) is 0.982. The van der Waals surface area contributed by atoms with Crippen LogP contribution < -0.4 is 0 Å². The summed E-state index contributed by atoms with van der Waals surface area (Å²) < 4.78 is 0.894. The van der Waals surface area contributed by atoms with Crippen LogP contribution in [0.25, 0.3) is 0 Å². The van der Waals surface area contributed by atoms with E-state index in [2.05, 4.69) is 22.9 Å². The van der Waals surface area contributed by atoms with Gasteiger partial charge in [0.2, 0.25) is 0 Å². The standard InChI is InChI=1S/C15H20BrNO/c1-2-5-12-8-10-17(11-9-12)15(18)13-6-3-4-7-14(13)16/h3-4,6-7,12H,2,5,8-11H2,1H3. The number of carbonyl (C=O) groups excluding carboxylic acids is 1. The minimum Gasteiger partial charge on any atom is -0.339 e. The molecule has 0 saturated carbocycles. The first kappa shape index (κ1) is 13.6. The van der Waals surface area contributed by atoms with Crippen molar-refractivity contribution in [3.63, 3.8) is 0 Å². The summed E-state index contributed by atoms with van der Waals surface area (Å²) in [6.45, 7) is 4.05. The Hall–Kier alpha value is -0.830. The fourth-order valence-corrected chi connectivity index (χ4v) is 3.09. The van der Waals surface area contributed by atoms with Crippen molar-refractivity contribution >= 4 is 21.8 Å². The summed E-state index contributed by atoms with van der Waals surface area (Å²) in [6.07, 6.45) is 4.87. The molecule has 0 aromatic heterocycles. The predicted octanol–water partition coefficient (Wildman–Crippen LogP) is 4.10. The van der Waals surface area contributed by atoms with E-state index < -0.39 is 0 Å². The maximum absolute atomic E-state index is 12.4. The number of amides is 1. The van der Waals surface area contributed by atoms with Gasteiger partial charge in [-0.1, -0.05) is 31.9 Å². The molecule has 1 fully saturated rings. The van der Waals surface area contributed by atoms with Crippen molar-refractivity contribution in [2.24, 2.45) is 5.92 Å². The van der Waals surface area contributed by atoms with E-state index in [9.17, 15) is 4.79 Å². The fourth-order valence-electron chi connectivity index (χ4n) is 2.64. The summed E-state index contributed by atoms with van der Waals surface area (Å²) in [5, 5.41) is 0. The Morgan fingerprint density at radius 3 is 2.61 bits per heavy atom. The highest BCUT2D eigenvalue weighted by Crippen LogP contribution is 2.24. The van der Waals surface area contributed by atoms with Gasteiger partial charge in [-0.2, -0.15) is 0 Å². The molecule has 0 bridgehead atoms. The Balaban J connectivity index is 1.98. The molecular formula is C15H20BrNO. The van der Waals surface area contributed by atoms with Crippen molar-refractivity contribution in [3.05, 3.63) is 34.3 Å². The minimum atomic E-state index is 0.164. The van der Waals surface area contributed by atoms with Gasteiger partial charge in [0.1, 0.15) is 0 Å². The Kier molecular flexibility index (Phi) is 4.81. The molecule has 2 rings (SSSR count). The quantitative estimate of drug-likeness (QED) is 0.823. The first-order valence-electron chi connectivity index (χ1n) is 6.76. The zero-order chi connectivity index (χ0) is 13.0. The maximum atomic E-state index is 12.4. The summed E-state index contributed by atoms with van der Waals surface area (Å²) in [5.41, 5.74) is 0.784. The van der Waals surface area contributed by atoms with E-state index in [1.807, 2.05) is 29.2 Å². The van der Waals surface area contributed by atoms with Crippen LogP contribution >= 0.6 is 15.9 Å². The second-order valence-electron chi connectivity index (χ2n) is 5.00. The molecule has 1 heterocycles. The van der Waals surface area contributed by atoms with Gasteiger partial charge in [0.25, 0.3) is 5.91 Å². The second kappa shape index (κ2) is 6.37. The third-order valence-corrected chi connectivity index (χ3v) is 4.39. The van der Waals surface area contributed by atoms with Crippen molar-refractivity contribution in [1.29, 1.82) is 0 Å². The van der Waals surface area contributed by atoms with Crippen LogP contribution in [-0.4, -0.2) is 23.9 Å². The van der Waals surface area contributed by atoms with E-state index in [1.165, 1.54) is 12.8 Å². The van der Waals surface area contributed by atoms with Crippen molar-refractivity contribution in [3.8, 4) is 0 Å². The highest BCUT2D eigenvalue weighted by molar-refractivity contribution is 9.10. The van der Waals surface area contributed by atoms with Crippen LogP contribution in [0.4, 0.5) is 0 Å². The van der Waals surface area contributed by atoms with Crippen LogP contribution in [0.3, 0.4) is 0 Å². The van der Waals surface area contributed by atoms with Crippen molar-refractivity contribution in [2.75, 3.05) is 13.1 Å². The number of carbonyl (C=O) groups is 1. The van der Waals surface area contributed by atoms with E-state index in [4.69, 9.17) is 0 Å². The number of rotatable bonds is 3. The van der Waals surface area contributed by atoms with E-state index in [-0.39, 0.29) is 5.91 Å². The molecule has 1 amide bonds. The molecule has 0 unspecified atom stereocenters. The number of likely N-dealkylation sites (tertiary alicyclic amines) is 1. The Labute approximate surface area is 117 Å². The third kappa shape index (κ3) is 3.14. The van der Waals surface area contributed by atoms with Gasteiger partial charge in [-0.15, -0.1) is 0 Å². The first-order valence-corrected chi connectivity index (χ1v) is 7.55. The molecule has 1 aliphatic rings. The lowest BCUT2D eigenvalue weighted by Gasteiger charge is -2.32. The van der Waals surface area contributed by atoms with Crippen molar-refractivity contribution in [2.45, 2.75) is 32.6 Å². The number of benzene rings is 1. The smallest absolute Gasteiger partial charge is 0.254 e. The zero-order valence-corrected chi connectivity index (χ0v) is 12.4. The monoisotopic (exact) mass is 309 g/mol. The molecule has 0 radical (unpaired) electrons. The minimum absolute atomic E-state index is 0.164. The highest BCUT2D eigenvalue weighted by Gasteiger charge is 2.23. The molecule has 0 spiro atoms. The molecule has 98 valence electrons.